The highest BCUT2D eigenvalue weighted by Gasteiger charge is 2.60. The average molecular weight is 591 g/mol. The Kier molecular flexibility index (Phi) is 9.11. The fourth-order valence-corrected chi connectivity index (χ4v) is 6.07. The quantitative estimate of drug-likeness (QED) is 0.285. The van der Waals surface area contributed by atoms with Crippen molar-refractivity contribution < 1.29 is 24.2 Å². The molecule has 2 aliphatic heterocycles. The molecule has 3 aromatic rings. The number of β-amino-alcohol motifs (C(OH)–C–C–N with tert-alkyl or cyclic N) is 1. The lowest BCUT2D eigenvalue weighted by Gasteiger charge is -2.39. The number of hydrogen-bond acceptors (Lipinski definition) is 7. The van der Waals surface area contributed by atoms with E-state index in [2.05, 4.69) is 9.80 Å². The van der Waals surface area contributed by atoms with Gasteiger partial charge >= 0.3 is 12.0 Å². The number of piperazine rings is 1. The number of nitrogens with zero attached hydrogens (tertiary/aromatic N) is 4. The van der Waals surface area contributed by atoms with Crippen LogP contribution >= 0.6 is 11.6 Å². The summed E-state index contributed by atoms with van der Waals surface area (Å²) in [6, 6.07) is 25.2. The van der Waals surface area contributed by atoms with E-state index >= 15 is 0 Å². The van der Waals surface area contributed by atoms with Crippen LogP contribution < -0.4 is 4.90 Å². The van der Waals surface area contributed by atoms with Gasteiger partial charge in [0.15, 0.2) is 5.54 Å². The Morgan fingerprint density at radius 2 is 1.52 bits per heavy atom. The number of imide groups is 1. The minimum atomic E-state index is -1.56. The molecule has 5 rings (SSSR count). The molecule has 0 aliphatic carbocycles. The lowest BCUT2D eigenvalue weighted by atomic mass is 9.81. The molecule has 0 aromatic heterocycles. The Morgan fingerprint density at radius 1 is 0.905 bits per heavy atom. The molecule has 2 saturated heterocycles. The summed E-state index contributed by atoms with van der Waals surface area (Å²) < 4.78 is 5.07. The maximum Gasteiger partial charge on any atom is 0.328 e. The van der Waals surface area contributed by atoms with Crippen molar-refractivity contribution in [2.45, 2.75) is 18.6 Å². The van der Waals surface area contributed by atoms with Gasteiger partial charge in [-0.25, -0.2) is 4.79 Å². The molecular formula is C32H35ClN4O5. The van der Waals surface area contributed by atoms with Gasteiger partial charge in [0, 0.05) is 43.4 Å². The highest BCUT2D eigenvalue weighted by molar-refractivity contribution is 6.30. The number of halogens is 1. The topological polar surface area (TPSA) is 93.6 Å². The number of amides is 3. The SMILES string of the molecule is CCOC(=O)CN1C(=O)N(CC(O)CN2CCN(c3cccc(Cl)c3)CC2)C(c2ccccc2)(c2ccccc2)C1=O. The smallest absolute Gasteiger partial charge is 0.328 e. The molecule has 42 heavy (non-hydrogen) atoms. The number of hydrogen-bond donors (Lipinski definition) is 1. The summed E-state index contributed by atoms with van der Waals surface area (Å²) in [5.74, 6) is -1.23. The summed E-state index contributed by atoms with van der Waals surface area (Å²) in [6.45, 7) is 4.46. The lowest BCUT2D eigenvalue weighted by molar-refractivity contribution is -0.147. The first kappa shape index (κ1) is 29.6. The van der Waals surface area contributed by atoms with Gasteiger partial charge in [0.2, 0.25) is 0 Å². The summed E-state index contributed by atoms with van der Waals surface area (Å²) in [6.07, 6.45) is -0.950. The van der Waals surface area contributed by atoms with E-state index in [9.17, 15) is 19.5 Å². The summed E-state index contributed by atoms with van der Waals surface area (Å²) >= 11 is 6.17. The van der Waals surface area contributed by atoms with Crippen molar-refractivity contribution in [2.75, 3.05) is 57.3 Å². The number of aliphatic hydroxyl groups excluding tert-OH is 1. The molecule has 9 nitrogen and oxygen atoms in total. The van der Waals surface area contributed by atoms with Gasteiger partial charge in [0.25, 0.3) is 5.91 Å². The van der Waals surface area contributed by atoms with E-state index in [1.54, 1.807) is 55.5 Å². The van der Waals surface area contributed by atoms with Crippen LogP contribution in [0.15, 0.2) is 84.9 Å². The second kappa shape index (κ2) is 12.9. The predicted octanol–water partition coefficient (Wildman–Crippen LogP) is 3.59. The molecule has 1 unspecified atom stereocenters. The van der Waals surface area contributed by atoms with Crippen LogP contribution in [0.5, 0.6) is 0 Å². The average Bonchev–Trinajstić information content (AvgIpc) is 3.20. The lowest BCUT2D eigenvalue weighted by Crippen LogP contribution is -2.53. The zero-order valence-electron chi connectivity index (χ0n) is 23.6. The van der Waals surface area contributed by atoms with E-state index in [1.807, 2.05) is 36.4 Å². The number of carbonyl (C=O) groups excluding carboxylic acids is 3. The molecule has 1 N–H and O–H groups in total. The fraction of sp³-hybridized carbons (Fsp3) is 0.344. The maximum atomic E-state index is 14.3. The van der Waals surface area contributed by atoms with Crippen molar-refractivity contribution in [1.82, 2.24) is 14.7 Å². The first-order chi connectivity index (χ1) is 20.3. The first-order valence-electron chi connectivity index (χ1n) is 14.2. The third-order valence-corrected chi connectivity index (χ3v) is 8.04. The molecule has 3 amide bonds. The highest BCUT2D eigenvalue weighted by Crippen LogP contribution is 2.43. The zero-order valence-corrected chi connectivity index (χ0v) is 24.3. The minimum Gasteiger partial charge on any atom is -0.465 e. The van der Waals surface area contributed by atoms with E-state index in [0.717, 1.165) is 23.7 Å². The molecule has 0 saturated carbocycles. The van der Waals surface area contributed by atoms with Crippen molar-refractivity contribution >= 4 is 35.2 Å². The Balaban J connectivity index is 1.40. The van der Waals surface area contributed by atoms with Gasteiger partial charge in [-0.15, -0.1) is 0 Å². The number of esters is 1. The van der Waals surface area contributed by atoms with Crippen LogP contribution in [-0.2, 0) is 19.9 Å². The molecule has 3 aromatic carbocycles. The van der Waals surface area contributed by atoms with Crippen LogP contribution in [0.2, 0.25) is 5.02 Å². The first-order valence-corrected chi connectivity index (χ1v) is 14.5. The van der Waals surface area contributed by atoms with Crippen LogP contribution in [-0.4, -0.2) is 96.2 Å². The van der Waals surface area contributed by atoms with Gasteiger partial charge in [-0.3, -0.25) is 24.3 Å². The molecule has 220 valence electrons. The molecule has 0 spiro atoms. The van der Waals surface area contributed by atoms with Gasteiger partial charge in [-0.05, 0) is 36.2 Å². The molecule has 0 bridgehead atoms. The number of ether oxygens (including phenoxy) is 1. The van der Waals surface area contributed by atoms with Crippen molar-refractivity contribution in [2.24, 2.45) is 0 Å². The van der Waals surface area contributed by atoms with Crippen molar-refractivity contribution in [3.05, 3.63) is 101 Å². The summed E-state index contributed by atoms with van der Waals surface area (Å²) in [5.41, 5.74) is 0.644. The molecular weight excluding hydrogens is 556 g/mol. The predicted molar refractivity (Wildman–Crippen MR) is 160 cm³/mol. The number of urea groups is 1. The molecule has 2 heterocycles. The molecule has 10 heteroatoms. The van der Waals surface area contributed by atoms with Crippen molar-refractivity contribution in [3.8, 4) is 0 Å². The molecule has 2 aliphatic rings. The number of benzene rings is 3. The van der Waals surface area contributed by atoms with Crippen LogP contribution in [0.1, 0.15) is 18.1 Å². The van der Waals surface area contributed by atoms with E-state index in [4.69, 9.17) is 16.3 Å². The third kappa shape index (κ3) is 5.86. The van der Waals surface area contributed by atoms with Crippen LogP contribution in [0.4, 0.5) is 10.5 Å². The maximum absolute atomic E-state index is 14.3. The van der Waals surface area contributed by atoms with E-state index in [0.29, 0.717) is 35.8 Å². The minimum absolute atomic E-state index is 0.109. The van der Waals surface area contributed by atoms with E-state index in [1.165, 1.54) is 4.90 Å². The Labute approximate surface area is 250 Å². The summed E-state index contributed by atoms with van der Waals surface area (Å²) in [4.78, 5) is 47.5. The largest absolute Gasteiger partial charge is 0.465 e. The highest BCUT2D eigenvalue weighted by atomic mass is 35.5. The number of anilines is 1. The van der Waals surface area contributed by atoms with Gasteiger partial charge in [0.05, 0.1) is 19.3 Å². The fourth-order valence-electron chi connectivity index (χ4n) is 5.89. The van der Waals surface area contributed by atoms with E-state index in [-0.39, 0.29) is 13.2 Å². The standard InChI is InChI=1S/C32H35ClN4O5/c1-2-42-29(39)23-36-30(40)32(24-10-5-3-6-11-24,25-12-7-4-8-13-25)37(31(36)41)22-28(38)21-34-16-18-35(19-17-34)27-15-9-14-26(33)20-27/h3-15,20,28,38H,2,16-19,21-23H2,1H3. The van der Waals surface area contributed by atoms with Gasteiger partial charge in [0.1, 0.15) is 6.54 Å². The third-order valence-electron chi connectivity index (χ3n) is 7.80. The second-order valence-corrected chi connectivity index (χ2v) is 10.9. The van der Waals surface area contributed by atoms with Gasteiger partial charge in [-0.1, -0.05) is 78.3 Å². The van der Waals surface area contributed by atoms with Crippen LogP contribution in [0.3, 0.4) is 0 Å². The van der Waals surface area contributed by atoms with Crippen molar-refractivity contribution in [1.29, 1.82) is 0 Å². The Bertz CT molecular complexity index is 1360. The molecule has 0 radical (unpaired) electrons. The van der Waals surface area contributed by atoms with E-state index < -0.39 is 36.1 Å². The Hall–Kier alpha value is -3.92. The number of aliphatic hydroxyl groups is 1. The number of carbonyl (C=O) groups is 3. The normalized spacial score (nSPS) is 17.9. The van der Waals surface area contributed by atoms with Gasteiger partial charge in [-0.2, -0.15) is 0 Å². The second-order valence-electron chi connectivity index (χ2n) is 10.5. The number of rotatable bonds is 10. The van der Waals surface area contributed by atoms with Crippen LogP contribution in [0.25, 0.3) is 0 Å². The summed E-state index contributed by atoms with van der Waals surface area (Å²) in [7, 11) is 0. The van der Waals surface area contributed by atoms with Crippen LogP contribution in [0, 0.1) is 0 Å². The Morgan fingerprint density at radius 3 is 2.10 bits per heavy atom. The van der Waals surface area contributed by atoms with Gasteiger partial charge < -0.3 is 14.7 Å². The van der Waals surface area contributed by atoms with Crippen molar-refractivity contribution in [3.63, 3.8) is 0 Å². The molecule has 1 atom stereocenters. The molecule has 2 fully saturated rings. The monoisotopic (exact) mass is 590 g/mol. The summed E-state index contributed by atoms with van der Waals surface area (Å²) in [5, 5.41) is 12.1. The zero-order chi connectivity index (χ0) is 29.7.